The van der Waals surface area contributed by atoms with Crippen LogP contribution in [0.4, 0.5) is 0 Å². The molecule has 1 aliphatic rings. The van der Waals surface area contributed by atoms with E-state index in [0.29, 0.717) is 5.92 Å². The highest BCUT2D eigenvalue weighted by Crippen LogP contribution is 2.28. The van der Waals surface area contributed by atoms with Crippen LogP contribution in [-0.2, 0) is 6.54 Å². The molecular weight excluding hydrogens is 310 g/mol. The Labute approximate surface area is 148 Å². The first-order valence-electron chi connectivity index (χ1n) is 9.14. The van der Waals surface area contributed by atoms with E-state index in [4.69, 9.17) is 4.98 Å². The second-order valence-corrected chi connectivity index (χ2v) is 7.08. The smallest absolute Gasteiger partial charge is 0.137 e. The van der Waals surface area contributed by atoms with E-state index in [2.05, 4.69) is 51.9 Å². The molecule has 2 atom stereocenters. The van der Waals surface area contributed by atoms with E-state index in [-0.39, 0.29) is 6.10 Å². The summed E-state index contributed by atoms with van der Waals surface area (Å²) in [5.41, 5.74) is 4.43. The number of aromatic nitrogens is 2. The maximum atomic E-state index is 9.98. The minimum atomic E-state index is -0.237. The SMILES string of the molecule is CC(O)C1CCCN(Cc2c(-c3ccccc3)nc3ccccn23)C1. The minimum Gasteiger partial charge on any atom is -0.393 e. The van der Waals surface area contributed by atoms with Crippen LogP contribution >= 0.6 is 0 Å². The summed E-state index contributed by atoms with van der Waals surface area (Å²) in [6.45, 7) is 4.81. The Morgan fingerprint density at radius 3 is 2.76 bits per heavy atom. The maximum absolute atomic E-state index is 9.98. The van der Waals surface area contributed by atoms with Crippen molar-refractivity contribution in [2.45, 2.75) is 32.4 Å². The van der Waals surface area contributed by atoms with Crippen LogP contribution in [0, 0.1) is 5.92 Å². The third-order valence-electron chi connectivity index (χ3n) is 5.27. The number of benzene rings is 1. The van der Waals surface area contributed by atoms with Gasteiger partial charge in [-0.25, -0.2) is 4.98 Å². The summed E-state index contributed by atoms with van der Waals surface area (Å²) in [7, 11) is 0. The van der Waals surface area contributed by atoms with Crippen LogP contribution in [-0.4, -0.2) is 38.6 Å². The molecule has 1 aliphatic heterocycles. The van der Waals surface area contributed by atoms with E-state index < -0.39 is 0 Å². The Morgan fingerprint density at radius 1 is 1.16 bits per heavy atom. The average Bonchev–Trinajstić information content (AvgIpc) is 3.01. The lowest BCUT2D eigenvalue weighted by Crippen LogP contribution is -2.39. The summed E-state index contributed by atoms with van der Waals surface area (Å²) in [6, 6.07) is 16.6. The van der Waals surface area contributed by atoms with Crippen molar-refractivity contribution in [3.8, 4) is 11.3 Å². The number of aliphatic hydroxyl groups excluding tert-OH is 1. The van der Waals surface area contributed by atoms with E-state index in [1.807, 2.05) is 19.1 Å². The number of hydrogen-bond acceptors (Lipinski definition) is 3. The van der Waals surface area contributed by atoms with Gasteiger partial charge >= 0.3 is 0 Å². The number of likely N-dealkylation sites (tertiary alicyclic amines) is 1. The summed E-state index contributed by atoms with van der Waals surface area (Å²) in [5, 5.41) is 9.98. The van der Waals surface area contributed by atoms with Crippen LogP contribution in [0.1, 0.15) is 25.5 Å². The molecule has 25 heavy (non-hydrogen) atoms. The third kappa shape index (κ3) is 3.32. The van der Waals surface area contributed by atoms with E-state index in [0.717, 1.165) is 49.4 Å². The van der Waals surface area contributed by atoms with E-state index in [1.54, 1.807) is 0 Å². The van der Waals surface area contributed by atoms with Gasteiger partial charge in [0.1, 0.15) is 5.65 Å². The van der Waals surface area contributed by atoms with Crippen molar-refractivity contribution in [1.29, 1.82) is 0 Å². The molecule has 4 nitrogen and oxygen atoms in total. The predicted octanol–water partition coefficient (Wildman–Crippen LogP) is 3.59. The second kappa shape index (κ2) is 6.98. The topological polar surface area (TPSA) is 40.8 Å². The van der Waals surface area contributed by atoms with Gasteiger partial charge in [0.05, 0.1) is 17.5 Å². The third-order valence-corrected chi connectivity index (χ3v) is 5.27. The number of aliphatic hydroxyl groups is 1. The Balaban J connectivity index is 1.70. The largest absolute Gasteiger partial charge is 0.393 e. The molecule has 4 heteroatoms. The summed E-state index contributed by atoms with van der Waals surface area (Å²) in [4.78, 5) is 7.35. The molecule has 0 aliphatic carbocycles. The molecule has 1 saturated heterocycles. The van der Waals surface area contributed by atoms with Crippen LogP contribution in [0.3, 0.4) is 0 Å². The number of nitrogens with zero attached hydrogens (tertiary/aromatic N) is 3. The Hall–Kier alpha value is -2.17. The second-order valence-electron chi connectivity index (χ2n) is 7.08. The fraction of sp³-hybridized carbons (Fsp3) is 0.381. The van der Waals surface area contributed by atoms with E-state index >= 15 is 0 Å². The highest BCUT2D eigenvalue weighted by atomic mass is 16.3. The molecule has 130 valence electrons. The van der Waals surface area contributed by atoms with Gasteiger partial charge in [-0.15, -0.1) is 0 Å². The summed E-state index contributed by atoms with van der Waals surface area (Å²) in [5.74, 6) is 0.369. The first kappa shape index (κ1) is 16.3. The van der Waals surface area contributed by atoms with Crippen molar-refractivity contribution in [3.05, 3.63) is 60.4 Å². The van der Waals surface area contributed by atoms with E-state index in [9.17, 15) is 5.11 Å². The van der Waals surface area contributed by atoms with Gasteiger partial charge in [-0.2, -0.15) is 0 Å². The summed E-state index contributed by atoms with van der Waals surface area (Å²) in [6.07, 6.45) is 4.12. The molecule has 2 aromatic heterocycles. The molecule has 0 bridgehead atoms. The van der Waals surface area contributed by atoms with Gasteiger partial charge < -0.3 is 9.51 Å². The molecule has 3 heterocycles. The van der Waals surface area contributed by atoms with Gasteiger partial charge in [-0.1, -0.05) is 36.4 Å². The first-order chi connectivity index (χ1) is 12.2. The molecule has 0 spiro atoms. The van der Waals surface area contributed by atoms with Crippen LogP contribution in [0.2, 0.25) is 0 Å². The Kier molecular flexibility index (Phi) is 4.55. The molecule has 1 N–H and O–H groups in total. The molecule has 0 radical (unpaired) electrons. The monoisotopic (exact) mass is 335 g/mol. The Morgan fingerprint density at radius 2 is 1.96 bits per heavy atom. The predicted molar refractivity (Wildman–Crippen MR) is 100 cm³/mol. The molecule has 3 aromatic rings. The quantitative estimate of drug-likeness (QED) is 0.792. The molecule has 4 rings (SSSR count). The number of imidazole rings is 1. The lowest BCUT2D eigenvalue weighted by Gasteiger charge is -2.34. The van der Waals surface area contributed by atoms with Crippen molar-refractivity contribution in [1.82, 2.24) is 14.3 Å². The fourth-order valence-electron chi connectivity index (χ4n) is 3.87. The lowest BCUT2D eigenvalue weighted by atomic mass is 9.93. The zero-order chi connectivity index (χ0) is 17.2. The van der Waals surface area contributed by atoms with E-state index in [1.165, 1.54) is 5.69 Å². The highest BCUT2D eigenvalue weighted by Gasteiger charge is 2.25. The average molecular weight is 335 g/mol. The standard InChI is InChI=1S/C21H25N3O/c1-16(25)18-10-7-12-23(14-18)15-19-21(17-8-3-2-4-9-17)22-20-11-5-6-13-24(19)20/h2-6,8-9,11,13,16,18,25H,7,10,12,14-15H2,1H3. The lowest BCUT2D eigenvalue weighted by molar-refractivity contribution is 0.0594. The molecule has 0 amide bonds. The normalized spacial score (nSPS) is 20.0. The number of pyridine rings is 1. The van der Waals surface area contributed by atoms with Gasteiger partial charge in [-0.3, -0.25) is 4.90 Å². The zero-order valence-corrected chi connectivity index (χ0v) is 14.7. The number of fused-ring (bicyclic) bond motifs is 1. The van der Waals surface area contributed by atoms with Crippen LogP contribution in [0.5, 0.6) is 0 Å². The molecule has 1 aromatic carbocycles. The van der Waals surface area contributed by atoms with Gasteiger partial charge in [0.25, 0.3) is 0 Å². The summed E-state index contributed by atoms with van der Waals surface area (Å²) < 4.78 is 2.20. The Bertz CT molecular complexity index is 841. The number of rotatable bonds is 4. The van der Waals surface area contributed by atoms with Crippen molar-refractivity contribution in [3.63, 3.8) is 0 Å². The van der Waals surface area contributed by atoms with Crippen LogP contribution in [0.15, 0.2) is 54.7 Å². The van der Waals surface area contributed by atoms with Gasteiger partial charge in [-0.05, 0) is 44.4 Å². The number of hydrogen-bond donors (Lipinski definition) is 1. The van der Waals surface area contributed by atoms with Crippen LogP contribution < -0.4 is 0 Å². The zero-order valence-electron chi connectivity index (χ0n) is 14.7. The minimum absolute atomic E-state index is 0.237. The van der Waals surface area contributed by atoms with Crippen molar-refractivity contribution >= 4 is 5.65 Å². The van der Waals surface area contributed by atoms with Crippen LogP contribution in [0.25, 0.3) is 16.9 Å². The van der Waals surface area contributed by atoms with Crippen molar-refractivity contribution < 1.29 is 5.11 Å². The van der Waals surface area contributed by atoms with Gasteiger partial charge in [0.2, 0.25) is 0 Å². The van der Waals surface area contributed by atoms with Crippen molar-refractivity contribution in [2.24, 2.45) is 5.92 Å². The first-order valence-corrected chi connectivity index (χ1v) is 9.14. The highest BCUT2D eigenvalue weighted by molar-refractivity contribution is 5.66. The molecule has 1 fully saturated rings. The fourth-order valence-corrected chi connectivity index (χ4v) is 3.87. The van der Waals surface area contributed by atoms with Crippen molar-refractivity contribution in [2.75, 3.05) is 13.1 Å². The van der Waals surface area contributed by atoms with Gasteiger partial charge in [0.15, 0.2) is 0 Å². The molecule has 2 unspecified atom stereocenters. The molecule has 0 saturated carbocycles. The number of piperidine rings is 1. The summed E-state index contributed by atoms with van der Waals surface area (Å²) >= 11 is 0. The molecular formula is C21H25N3O. The van der Waals surface area contributed by atoms with Gasteiger partial charge in [0, 0.05) is 24.8 Å². The maximum Gasteiger partial charge on any atom is 0.137 e.